The highest BCUT2D eigenvalue weighted by molar-refractivity contribution is 6.00. The Hall–Kier alpha value is -2.77. The van der Waals surface area contributed by atoms with Gasteiger partial charge in [-0.1, -0.05) is 13.0 Å². The number of ether oxygens (including phenoxy) is 3. The third-order valence-corrected chi connectivity index (χ3v) is 5.79. The minimum absolute atomic E-state index is 0.00967. The van der Waals surface area contributed by atoms with E-state index < -0.39 is 0 Å². The minimum atomic E-state index is -0.347. The number of fused-ring (bicyclic) bond motifs is 2. The monoisotopic (exact) mass is 388 g/mol. The smallest absolute Gasteiger partial charge is 0.310 e. The molecule has 1 aromatic carbocycles. The number of esters is 1. The number of benzene rings is 1. The summed E-state index contributed by atoms with van der Waals surface area (Å²) in [6.45, 7) is 3.16. The lowest BCUT2D eigenvalue weighted by molar-refractivity contribution is -0.147. The Bertz CT molecular complexity index is 810. The Balaban J connectivity index is 1.57. The summed E-state index contributed by atoms with van der Waals surface area (Å²) >= 11 is 0. The summed E-state index contributed by atoms with van der Waals surface area (Å²) in [4.78, 5) is 41.5. The van der Waals surface area contributed by atoms with E-state index in [4.69, 9.17) is 14.2 Å². The largest absolute Gasteiger partial charge is 0.486 e. The van der Waals surface area contributed by atoms with E-state index in [9.17, 15) is 14.4 Å². The van der Waals surface area contributed by atoms with E-state index in [1.807, 2.05) is 6.92 Å². The highest BCUT2D eigenvalue weighted by Gasteiger charge is 2.50. The topological polar surface area (TPSA) is 85.4 Å². The molecular formula is C20H24N2O6. The number of piperazine rings is 1. The molecule has 3 heterocycles. The van der Waals surface area contributed by atoms with Crippen LogP contribution in [0.1, 0.15) is 30.1 Å². The van der Waals surface area contributed by atoms with Crippen LogP contribution in [0.4, 0.5) is 0 Å². The highest BCUT2D eigenvalue weighted by atomic mass is 16.6. The number of nitrogens with zero attached hydrogens (tertiary/aromatic N) is 2. The fourth-order valence-corrected chi connectivity index (χ4v) is 4.60. The number of carbonyl (C=O) groups is 3. The van der Waals surface area contributed by atoms with Crippen molar-refractivity contribution in [3.05, 3.63) is 23.8 Å². The summed E-state index contributed by atoms with van der Waals surface area (Å²) < 4.78 is 16.1. The van der Waals surface area contributed by atoms with Crippen molar-refractivity contribution in [1.29, 1.82) is 0 Å². The lowest BCUT2D eigenvalue weighted by Gasteiger charge is -2.40. The quantitative estimate of drug-likeness (QED) is 0.721. The molecule has 0 unspecified atom stereocenters. The molecule has 2 amide bonds. The normalized spacial score (nSPS) is 26.1. The van der Waals surface area contributed by atoms with Crippen LogP contribution >= 0.6 is 0 Å². The first-order chi connectivity index (χ1) is 13.5. The van der Waals surface area contributed by atoms with Gasteiger partial charge in [0, 0.05) is 12.6 Å². The molecule has 0 bridgehead atoms. The van der Waals surface area contributed by atoms with Gasteiger partial charge in [0.1, 0.15) is 19.8 Å². The number of rotatable bonds is 3. The van der Waals surface area contributed by atoms with Crippen LogP contribution in [-0.2, 0) is 14.3 Å². The Morgan fingerprint density at radius 3 is 2.79 bits per heavy atom. The molecule has 0 aromatic heterocycles. The van der Waals surface area contributed by atoms with Gasteiger partial charge in [-0.05, 0) is 25.0 Å². The van der Waals surface area contributed by atoms with Gasteiger partial charge in [0.25, 0.3) is 5.91 Å². The molecule has 28 heavy (non-hydrogen) atoms. The molecule has 0 aliphatic carbocycles. The van der Waals surface area contributed by atoms with E-state index in [1.54, 1.807) is 28.0 Å². The Morgan fingerprint density at radius 2 is 2.04 bits per heavy atom. The summed E-state index contributed by atoms with van der Waals surface area (Å²) in [5, 5.41) is 0. The van der Waals surface area contributed by atoms with Crippen LogP contribution in [-0.4, -0.2) is 73.1 Å². The van der Waals surface area contributed by atoms with Gasteiger partial charge in [-0.25, -0.2) is 0 Å². The molecule has 0 N–H and O–H groups in total. The van der Waals surface area contributed by atoms with Crippen LogP contribution in [0.3, 0.4) is 0 Å². The van der Waals surface area contributed by atoms with E-state index in [2.05, 4.69) is 0 Å². The molecule has 0 spiro atoms. The maximum atomic E-state index is 13.2. The first-order valence-electron chi connectivity index (χ1n) is 9.62. The van der Waals surface area contributed by atoms with Crippen LogP contribution in [0, 0.1) is 5.92 Å². The summed E-state index contributed by atoms with van der Waals surface area (Å²) in [6.07, 6.45) is 1.18. The van der Waals surface area contributed by atoms with E-state index in [-0.39, 0.29) is 42.3 Å². The summed E-state index contributed by atoms with van der Waals surface area (Å²) in [5.74, 6) is -0.0665. The standard InChI is InChI=1S/C20H24N2O6/c1-3-15-14(20(25)26-2)9-12-10-21(11-17(23)22(12)15)19(24)13-5-4-6-16-18(13)28-8-7-27-16/h4-6,12,14-15H,3,7-11H2,1-2H3/t12-,14-,15-/m0/s1. The molecule has 4 rings (SSSR count). The zero-order chi connectivity index (χ0) is 19.8. The average molecular weight is 388 g/mol. The van der Waals surface area contributed by atoms with Crippen molar-refractivity contribution >= 4 is 17.8 Å². The lowest BCUT2D eigenvalue weighted by Crippen LogP contribution is -2.57. The second-order valence-electron chi connectivity index (χ2n) is 7.31. The van der Waals surface area contributed by atoms with Crippen molar-refractivity contribution in [2.24, 2.45) is 5.92 Å². The minimum Gasteiger partial charge on any atom is -0.486 e. The molecule has 0 saturated carbocycles. The van der Waals surface area contributed by atoms with Gasteiger partial charge in [-0.3, -0.25) is 14.4 Å². The molecule has 3 aliphatic rings. The molecule has 150 valence electrons. The van der Waals surface area contributed by atoms with Crippen molar-refractivity contribution in [2.45, 2.75) is 31.8 Å². The fourth-order valence-electron chi connectivity index (χ4n) is 4.60. The molecule has 3 atom stereocenters. The number of hydrogen-bond donors (Lipinski definition) is 0. The maximum absolute atomic E-state index is 13.2. The van der Waals surface area contributed by atoms with E-state index in [0.717, 1.165) is 0 Å². The number of carbonyl (C=O) groups excluding carboxylic acids is 3. The Labute approximate surface area is 163 Å². The van der Waals surface area contributed by atoms with Crippen molar-refractivity contribution in [3.8, 4) is 11.5 Å². The second kappa shape index (κ2) is 7.33. The third-order valence-electron chi connectivity index (χ3n) is 5.79. The maximum Gasteiger partial charge on any atom is 0.310 e. The van der Waals surface area contributed by atoms with E-state index >= 15 is 0 Å². The number of methoxy groups -OCH3 is 1. The van der Waals surface area contributed by atoms with Gasteiger partial charge >= 0.3 is 5.97 Å². The predicted octanol–water partition coefficient (Wildman–Crippen LogP) is 1.08. The van der Waals surface area contributed by atoms with Gasteiger partial charge in [-0.2, -0.15) is 0 Å². The molecule has 8 nitrogen and oxygen atoms in total. The molecule has 2 fully saturated rings. The van der Waals surface area contributed by atoms with Gasteiger partial charge in [0.05, 0.1) is 24.6 Å². The van der Waals surface area contributed by atoms with Crippen molar-refractivity contribution in [2.75, 3.05) is 33.4 Å². The highest BCUT2D eigenvalue weighted by Crippen LogP contribution is 2.38. The van der Waals surface area contributed by atoms with Crippen LogP contribution < -0.4 is 9.47 Å². The lowest BCUT2D eigenvalue weighted by atomic mass is 9.97. The third kappa shape index (κ3) is 2.96. The predicted molar refractivity (Wildman–Crippen MR) is 98.2 cm³/mol. The fraction of sp³-hybridized carbons (Fsp3) is 0.550. The van der Waals surface area contributed by atoms with Crippen LogP contribution in [0.2, 0.25) is 0 Å². The summed E-state index contributed by atoms with van der Waals surface area (Å²) in [7, 11) is 1.37. The van der Waals surface area contributed by atoms with Crippen molar-refractivity contribution in [1.82, 2.24) is 9.80 Å². The summed E-state index contributed by atoms with van der Waals surface area (Å²) in [5.41, 5.74) is 0.396. The van der Waals surface area contributed by atoms with Crippen molar-refractivity contribution < 1.29 is 28.6 Å². The van der Waals surface area contributed by atoms with E-state index in [1.165, 1.54) is 7.11 Å². The van der Waals surface area contributed by atoms with Gasteiger partial charge in [-0.15, -0.1) is 0 Å². The van der Waals surface area contributed by atoms with Crippen LogP contribution in [0.5, 0.6) is 11.5 Å². The molecule has 2 saturated heterocycles. The van der Waals surface area contributed by atoms with Crippen LogP contribution in [0.15, 0.2) is 18.2 Å². The molecule has 8 heteroatoms. The molecule has 0 radical (unpaired) electrons. The van der Waals surface area contributed by atoms with Gasteiger partial charge in [0.15, 0.2) is 11.5 Å². The van der Waals surface area contributed by atoms with Crippen LogP contribution in [0.25, 0.3) is 0 Å². The first kappa shape index (κ1) is 18.6. The first-order valence-corrected chi connectivity index (χ1v) is 9.62. The summed E-state index contributed by atoms with van der Waals surface area (Å²) in [6, 6.07) is 4.83. The van der Waals surface area contributed by atoms with Crippen molar-refractivity contribution in [3.63, 3.8) is 0 Å². The molecule has 3 aliphatic heterocycles. The zero-order valence-electron chi connectivity index (χ0n) is 16.1. The number of para-hydroxylation sites is 1. The van der Waals surface area contributed by atoms with Gasteiger partial charge in [0.2, 0.25) is 5.91 Å². The average Bonchev–Trinajstić information content (AvgIpc) is 3.11. The SMILES string of the molecule is CC[C@H]1[C@@H](C(=O)OC)C[C@H]2CN(C(=O)c3cccc4c3OCCO4)CC(=O)N21. The zero-order valence-corrected chi connectivity index (χ0v) is 16.1. The molecule has 1 aromatic rings. The Kier molecular flexibility index (Phi) is 4.87. The second-order valence-corrected chi connectivity index (χ2v) is 7.31. The van der Waals surface area contributed by atoms with Gasteiger partial charge < -0.3 is 24.0 Å². The molecular weight excluding hydrogens is 364 g/mol. The van der Waals surface area contributed by atoms with E-state index in [0.29, 0.717) is 49.7 Å². The number of amides is 2. The Morgan fingerprint density at radius 1 is 1.25 bits per heavy atom. The number of hydrogen-bond acceptors (Lipinski definition) is 6.